The van der Waals surface area contributed by atoms with Crippen LogP contribution >= 0.6 is 0 Å². The SMILES string of the molecule is CCCON1C(C)(C)CC(C(C)CC(N)CCCN)CC1(C)C. The first-order valence-electron chi connectivity index (χ1n) is 9.53. The fraction of sp³-hybridized carbons (Fsp3) is 1.00. The predicted octanol–water partition coefficient (Wildman–Crippen LogP) is 3.69. The molecular formula is C19H41N3O. The molecular weight excluding hydrogens is 286 g/mol. The van der Waals surface area contributed by atoms with Crippen molar-refractivity contribution in [1.82, 2.24) is 5.06 Å². The summed E-state index contributed by atoms with van der Waals surface area (Å²) in [6.07, 6.45) is 6.58. The van der Waals surface area contributed by atoms with Crippen LogP contribution in [0.25, 0.3) is 0 Å². The molecule has 0 bridgehead atoms. The van der Waals surface area contributed by atoms with Crippen LogP contribution in [0.2, 0.25) is 0 Å². The van der Waals surface area contributed by atoms with Gasteiger partial charge in [0.1, 0.15) is 0 Å². The smallest absolute Gasteiger partial charge is 0.0683 e. The van der Waals surface area contributed by atoms with Crippen LogP contribution in [-0.4, -0.2) is 35.3 Å². The Bertz CT molecular complexity index is 326. The molecule has 0 radical (unpaired) electrons. The molecule has 1 rings (SSSR count). The molecule has 0 aromatic carbocycles. The lowest BCUT2D eigenvalue weighted by atomic mass is 9.69. The van der Waals surface area contributed by atoms with E-state index in [4.69, 9.17) is 16.3 Å². The second kappa shape index (κ2) is 8.80. The normalized spacial score (nSPS) is 24.5. The standard InChI is InChI=1S/C19H41N3O/c1-7-11-23-22-18(3,4)13-16(14-19(22,5)6)15(2)12-17(21)9-8-10-20/h15-17H,7-14,20-21H2,1-6H3. The second-order valence-electron chi connectivity index (χ2n) is 8.82. The van der Waals surface area contributed by atoms with E-state index in [-0.39, 0.29) is 17.1 Å². The van der Waals surface area contributed by atoms with E-state index in [0.29, 0.717) is 11.8 Å². The Hall–Kier alpha value is -0.160. The number of hydroxylamine groups is 2. The number of hydrogen-bond donors (Lipinski definition) is 2. The van der Waals surface area contributed by atoms with E-state index in [2.05, 4.69) is 46.6 Å². The lowest BCUT2D eigenvalue weighted by Crippen LogP contribution is -2.61. The largest absolute Gasteiger partial charge is 0.330 e. The highest BCUT2D eigenvalue weighted by Gasteiger charge is 2.47. The van der Waals surface area contributed by atoms with Gasteiger partial charge in [0, 0.05) is 17.1 Å². The zero-order chi connectivity index (χ0) is 17.7. The maximum absolute atomic E-state index is 6.30. The van der Waals surface area contributed by atoms with Gasteiger partial charge in [0.05, 0.1) is 6.61 Å². The molecule has 0 saturated carbocycles. The summed E-state index contributed by atoms with van der Waals surface area (Å²) in [5.41, 5.74) is 12.0. The molecule has 1 heterocycles. The van der Waals surface area contributed by atoms with Gasteiger partial charge in [0.25, 0.3) is 0 Å². The number of rotatable bonds is 9. The van der Waals surface area contributed by atoms with E-state index < -0.39 is 0 Å². The predicted molar refractivity (Wildman–Crippen MR) is 99.0 cm³/mol. The van der Waals surface area contributed by atoms with Gasteiger partial charge in [-0.15, -0.1) is 0 Å². The average molecular weight is 328 g/mol. The van der Waals surface area contributed by atoms with Gasteiger partial charge < -0.3 is 11.5 Å². The van der Waals surface area contributed by atoms with Crippen LogP contribution in [0.4, 0.5) is 0 Å². The van der Waals surface area contributed by atoms with Crippen molar-refractivity contribution in [1.29, 1.82) is 0 Å². The van der Waals surface area contributed by atoms with Crippen molar-refractivity contribution in [2.24, 2.45) is 23.3 Å². The van der Waals surface area contributed by atoms with Gasteiger partial charge in [0.15, 0.2) is 0 Å². The van der Waals surface area contributed by atoms with Crippen LogP contribution in [0.1, 0.15) is 80.1 Å². The Morgan fingerprint density at radius 2 is 1.74 bits per heavy atom. The molecule has 2 unspecified atom stereocenters. The monoisotopic (exact) mass is 327 g/mol. The number of hydrogen-bond acceptors (Lipinski definition) is 4. The maximum atomic E-state index is 6.30. The van der Waals surface area contributed by atoms with Crippen molar-refractivity contribution in [2.45, 2.75) is 97.2 Å². The summed E-state index contributed by atoms with van der Waals surface area (Å²) >= 11 is 0. The molecule has 4 heteroatoms. The number of nitrogens with zero attached hydrogens (tertiary/aromatic N) is 1. The molecule has 4 nitrogen and oxygen atoms in total. The summed E-state index contributed by atoms with van der Waals surface area (Å²) in [5, 5.41) is 2.26. The molecule has 138 valence electrons. The highest BCUT2D eigenvalue weighted by atomic mass is 16.7. The summed E-state index contributed by atoms with van der Waals surface area (Å²) in [4.78, 5) is 6.12. The van der Waals surface area contributed by atoms with E-state index in [1.165, 1.54) is 12.8 Å². The third-order valence-electron chi connectivity index (χ3n) is 5.31. The van der Waals surface area contributed by atoms with Crippen LogP contribution in [-0.2, 0) is 4.84 Å². The molecule has 0 aliphatic carbocycles. The molecule has 0 aromatic heterocycles. The zero-order valence-electron chi connectivity index (χ0n) is 16.4. The van der Waals surface area contributed by atoms with E-state index in [9.17, 15) is 0 Å². The highest BCUT2D eigenvalue weighted by Crippen LogP contribution is 2.45. The van der Waals surface area contributed by atoms with Crippen molar-refractivity contribution < 1.29 is 4.84 Å². The van der Waals surface area contributed by atoms with E-state index >= 15 is 0 Å². The van der Waals surface area contributed by atoms with Crippen LogP contribution in [0.5, 0.6) is 0 Å². The zero-order valence-corrected chi connectivity index (χ0v) is 16.4. The van der Waals surface area contributed by atoms with Crippen molar-refractivity contribution in [3.05, 3.63) is 0 Å². The minimum atomic E-state index is 0.0667. The topological polar surface area (TPSA) is 64.5 Å². The molecule has 1 aliphatic heterocycles. The highest BCUT2D eigenvalue weighted by molar-refractivity contribution is 4.98. The molecule has 1 aliphatic rings. The van der Waals surface area contributed by atoms with Crippen molar-refractivity contribution in [2.75, 3.05) is 13.2 Å². The lowest BCUT2D eigenvalue weighted by molar-refractivity contribution is -0.290. The van der Waals surface area contributed by atoms with Crippen molar-refractivity contribution in [3.63, 3.8) is 0 Å². The molecule has 2 atom stereocenters. The van der Waals surface area contributed by atoms with Gasteiger partial charge in [-0.1, -0.05) is 13.8 Å². The molecule has 1 saturated heterocycles. The molecule has 0 aromatic rings. The van der Waals surface area contributed by atoms with Crippen LogP contribution < -0.4 is 11.5 Å². The summed E-state index contributed by atoms with van der Waals surface area (Å²) in [7, 11) is 0. The first-order chi connectivity index (χ1) is 10.6. The first-order valence-corrected chi connectivity index (χ1v) is 9.53. The molecule has 23 heavy (non-hydrogen) atoms. The van der Waals surface area contributed by atoms with Crippen LogP contribution in [0, 0.1) is 11.8 Å². The van der Waals surface area contributed by atoms with Gasteiger partial charge in [-0.05, 0) is 84.6 Å². The molecule has 4 N–H and O–H groups in total. The van der Waals surface area contributed by atoms with Crippen molar-refractivity contribution in [3.8, 4) is 0 Å². The minimum absolute atomic E-state index is 0.0667. The van der Waals surface area contributed by atoms with Gasteiger partial charge in [-0.3, -0.25) is 4.84 Å². The molecule has 1 fully saturated rings. The average Bonchev–Trinajstić information content (AvgIpc) is 2.42. The van der Waals surface area contributed by atoms with Gasteiger partial charge in [0.2, 0.25) is 0 Å². The van der Waals surface area contributed by atoms with E-state index in [1.54, 1.807) is 0 Å². The summed E-state index contributed by atoms with van der Waals surface area (Å²) in [5.74, 6) is 1.35. The molecule has 0 spiro atoms. The van der Waals surface area contributed by atoms with Gasteiger partial charge in [-0.2, -0.15) is 5.06 Å². The van der Waals surface area contributed by atoms with Crippen LogP contribution in [0.15, 0.2) is 0 Å². The third-order valence-corrected chi connectivity index (χ3v) is 5.31. The Balaban J connectivity index is 2.70. The van der Waals surface area contributed by atoms with E-state index in [1.807, 2.05) is 0 Å². The summed E-state index contributed by atoms with van der Waals surface area (Å²) in [6, 6.07) is 0.286. The third kappa shape index (κ3) is 6.00. The molecule has 0 amide bonds. The van der Waals surface area contributed by atoms with Gasteiger partial charge >= 0.3 is 0 Å². The summed E-state index contributed by atoms with van der Waals surface area (Å²) in [6.45, 7) is 15.4. The Kier molecular flexibility index (Phi) is 7.99. The number of nitrogens with two attached hydrogens (primary N) is 2. The lowest BCUT2D eigenvalue weighted by Gasteiger charge is -2.55. The maximum Gasteiger partial charge on any atom is 0.0683 e. The Morgan fingerprint density at radius 1 is 1.17 bits per heavy atom. The number of piperidine rings is 1. The van der Waals surface area contributed by atoms with E-state index in [0.717, 1.165) is 38.8 Å². The first kappa shape index (κ1) is 20.9. The second-order valence-corrected chi connectivity index (χ2v) is 8.82. The summed E-state index contributed by atoms with van der Waals surface area (Å²) < 4.78 is 0. The quantitative estimate of drug-likeness (QED) is 0.678. The van der Waals surface area contributed by atoms with Gasteiger partial charge in [-0.25, -0.2) is 0 Å². The minimum Gasteiger partial charge on any atom is -0.330 e. The fourth-order valence-electron chi connectivity index (χ4n) is 4.44. The Labute approximate surface area is 144 Å². The fourth-order valence-corrected chi connectivity index (χ4v) is 4.44. The Morgan fingerprint density at radius 3 is 2.22 bits per heavy atom. The van der Waals surface area contributed by atoms with Crippen LogP contribution in [0.3, 0.4) is 0 Å². The van der Waals surface area contributed by atoms with Crippen molar-refractivity contribution >= 4 is 0 Å².